The Bertz CT molecular complexity index is 633. The summed E-state index contributed by atoms with van der Waals surface area (Å²) in [5, 5.41) is 3.52. The van der Waals surface area contributed by atoms with Crippen LogP contribution in [0.25, 0.3) is 11.3 Å². The van der Waals surface area contributed by atoms with Crippen molar-refractivity contribution in [2.75, 3.05) is 11.9 Å². The molecular weight excluding hydrogens is 305 g/mol. The van der Waals surface area contributed by atoms with Crippen LogP contribution < -0.4 is 5.32 Å². The first kappa shape index (κ1) is 15.0. The monoisotopic (exact) mass is 316 g/mol. The van der Waals surface area contributed by atoms with E-state index in [0.29, 0.717) is 17.4 Å². The predicted octanol–water partition coefficient (Wildman–Crippen LogP) is 5.16. The first-order chi connectivity index (χ1) is 9.52. The lowest BCUT2D eigenvalue weighted by atomic mass is 10.1. The third kappa shape index (κ3) is 3.19. The van der Waals surface area contributed by atoms with Crippen molar-refractivity contribution in [3.8, 4) is 11.3 Å². The van der Waals surface area contributed by atoms with E-state index in [-0.39, 0.29) is 16.3 Å². The van der Waals surface area contributed by atoms with E-state index < -0.39 is 11.6 Å². The van der Waals surface area contributed by atoms with Crippen LogP contribution >= 0.6 is 23.2 Å². The van der Waals surface area contributed by atoms with Crippen molar-refractivity contribution in [2.24, 2.45) is 0 Å². The Kier molecular flexibility index (Phi) is 4.78. The van der Waals surface area contributed by atoms with Crippen LogP contribution in [0.2, 0.25) is 10.0 Å². The van der Waals surface area contributed by atoms with Crippen LogP contribution in [-0.2, 0) is 0 Å². The lowest BCUT2D eigenvalue weighted by Crippen LogP contribution is -2.04. The Hall–Kier alpha value is -1.39. The summed E-state index contributed by atoms with van der Waals surface area (Å²) in [4.78, 5) is 4.20. The van der Waals surface area contributed by atoms with Gasteiger partial charge in [-0.25, -0.2) is 13.8 Å². The zero-order valence-corrected chi connectivity index (χ0v) is 12.2. The van der Waals surface area contributed by atoms with Gasteiger partial charge in [-0.1, -0.05) is 30.1 Å². The molecule has 1 aromatic carbocycles. The van der Waals surface area contributed by atoms with Crippen molar-refractivity contribution in [1.82, 2.24) is 4.98 Å². The van der Waals surface area contributed by atoms with Crippen molar-refractivity contribution in [3.05, 3.63) is 45.9 Å². The maximum Gasteiger partial charge on any atom is 0.145 e. The van der Waals surface area contributed by atoms with E-state index in [2.05, 4.69) is 10.3 Å². The molecule has 0 aliphatic heterocycles. The molecule has 0 bridgehead atoms. The van der Waals surface area contributed by atoms with Crippen LogP contribution in [-0.4, -0.2) is 11.5 Å². The van der Waals surface area contributed by atoms with Gasteiger partial charge in [0.2, 0.25) is 0 Å². The average molecular weight is 317 g/mol. The first-order valence-corrected chi connectivity index (χ1v) is 6.84. The zero-order valence-electron chi connectivity index (χ0n) is 10.7. The Morgan fingerprint density at radius 2 is 1.90 bits per heavy atom. The zero-order chi connectivity index (χ0) is 14.7. The van der Waals surface area contributed by atoms with E-state index in [9.17, 15) is 8.78 Å². The van der Waals surface area contributed by atoms with Gasteiger partial charge in [0, 0.05) is 12.1 Å². The molecule has 1 heterocycles. The fourth-order valence-electron chi connectivity index (χ4n) is 1.70. The van der Waals surface area contributed by atoms with Crippen LogP contribution in [0.15, 0.2) is 24.3 Å². The molecule has 0 atom stereocenters. The quantitative estimate of drug-likeness (QED) is 0.843. The second kappa shape index (κ2) is 6.37. The van der Waals surface area contributed by atoms with Gasteiger partial charge in [0.05, 0.1) is 15.7 Å². The molecule has 0 saturated carbocycles. The van der Waals surface area contributed by atoms with Crippen molar-refractivity contribution >= 4 is 29.0 Å². The minimum Gasteiger partial charge on any atom is -0.369 e. The van der Waals surface area contributed by atoms with E-state index in [1.54, 1.807) is 0 Å². The van der Waals surface area contributed by atoms with Crippen molar-refractivity contribution < 1.29 is 8.78 Å². The van der Waals surface area contributed by atoms with E-state index in [4.69, 9.17) is 23.2 Å². The second-order valence-corrected chi connectivity index (χ2v) is 5.01. The molecule has 0 amide bonds. The molecule has 20 heavy (non-hydrogen) atoms. The van der Waals surface area contributed by atoms with Gasteiger partial charge in [-0.05, 0) is 30.7 Å². The summed E-state index contributed by atoms with van der Waals surface area (Å²) in [7, 11) is 0. The third-order valence-corrected chi connectivity index (χ3v) is 3.23. The average Bonchev–Trinajstić information content (AvgIpc) is 2.41. The van der Waals surface area contributed by atoms with Gasteiger partial charge in [-0.3, -0.25) is 0 Å². The number of anilines is 1. The lowest BCUT2D eigenvalue weighted by Gasteiger charge is -2.11. The Balaban J connectivity index is 2.52. The Labute approximate surface area is 125 Å². The Morgan fingerprint density at radius 1 is 1.15 bits per heavy atom. The van der Waals surface area contributed by atoms with Gasteiger partial charge in [-0.15, -0.1) is 0 Å². The summed E-state index contributed by atoms with van der Waals surface area (Å²) in [6, 6.07) is 4.60. The third-order valence-electron chi connectivity index (χ3n) is 2.66. The van der Waals surface area contributed by atoms with Crippen molar-refractivity contribution in [3.63, 3.8) is 0 Å². The molecule has 6 heteroatoms. The SMILES string of the molecule is CCCNc1nc(-c2cc(F)ccc2F)c(Cl)cc1Cl. The summed E-state index contributed by atoms with van der Waals surface area (Å²) in [5.41, 5.74) is 0.165. The van der Waals surface area contributed by atoms with Crippen LogP contribution in [0.5, 0.6) is 0 Å². The van der Waals surface area contributed by atoms with Crippen LogP contribution in [0, 0.1) is 11.6 Å². The van der Waals surface area contributed by atoms with Gasteiger partial charge in [0.1, 0.15) is 17.5 Å². The highest BCUT2D eigenvalue weighted by Crippen LogP contribution is 2.33. The lowest BCUT2D eigenvalue weighted by molar-refractivity contribution is 0.602. The van der Waals surface area contributed by atoms with Crippen LogP contribution in [0.1, 0.15) is 13.3 Å². The van der Waals surface area contributed by atoms with Crippen molar-refractivity contribution in [2.45, 2.75) is 13.3 Å². The molecule has 1 N–H and O–H groups in total. The molecular formula is C14H12Cl2F2N2. The van der Waals surface area contributed by atoms with E-state index in [0.717, 1.165) is 24.6 Å². The summed E-state index contributed by atoms with van der Waals surface area (Å²) in [5.74, 6) is -0.751. The van der Waals surface area contributed by atoms with Crippen molar-refractivity contribution in [1.29, 1.82) is 0 Å². The summed E-state index contributed by atoms with van der Waals surface area (Å²) in [6.07, 6.45) is 0.879. The van der Waals surface area contributed by atoms with Gasteiger partial charge >= 0.3 is 0 Å². The normalized spacial score (nSPS) is 10.7. The predicted molar refractivity (Wildman–Crippen MR) is 78.4 cm³/mol. The molecule has 0 spiro atoms. The number of nitrogens with zero attached hydrogens (tertiary/aromatic N) is 1. The smallest absolute Gasteiger partial charge is 0.145 e. The minimum atomic E-state index is -0.593. The maximum absolute atomic E-state index is 13.8. The van der Waals surface area contributed by atoms with Gasteiger partial charge in [-0.2, -0.15) is 0 Å². The topological polar surface area (TPSA) is 24.9 Å². The molecule has 0 unspecified atom stereocenters. The standard InChI is InChI=1S/C14H12Cl2F2N2/c1-2-5-19-14-11(16)7-10(15)13(20-14)9-6-8(17)3-4-12(9)18/h3-4,6-7H,2,5H2,1H3,(H,19,20). The first-order valence-electron chi connectivity index (χ1n) is 6.08. The minimum absolute atomic E-state index is 0.00575. The van der Waals surface area contributed by atoms with E-state index in [1.165, 1.54) is 6.07 Å². The van der Waals surface area contributed by atoms with E-state index >= 15 is 0 Å². The molecule has 1 aromatic heterocycles. The number of pyridine rings is 1. The van der Waals surface area contributed by atoms with Gasteiger partial charge in [0.25, 0.3) is 0 Å². The number of halogens is 4. The number of aromatic nitrogens is 1. The Morgan fingerprint density at radius 3 is 2.60 bits per heavy atom. The fraction of sp³-hybridized carbons (Fsp3) is 0.214. The second-order valence-electron chi connectivity index (χ2n) is 4.20. The molecule has 0 aliphatic rings. The molecule has 2 rings (SSSR count). The van der Waals surface area contributed by atoms with Crippen LogP contribution in [0.3, 0.4) is 0 Å². The highest BCUT2D eigenvalue weighted by molar-refractivity contribution is 6.37. The summed E-state index contributed by atoms with van der Waals surface area (Å²) < 4.78 is 27.1. The molecule has 106 valence electrons. The highest BCUT2D eigenvalue weighted by atomic mass is 35.5. The maximum atomic E-state index is 13.8. The molecule has 0 radical (unpaired) electrons. The highest BCUT2D eigenvalue weighted by Gasteiger charge is 2.15. The molecule has 0 fully saturated rings. The molecule has 2 nitrogen and oxygen atoms in total. The van der Waals surface area contributed by atoms with Crippen LogP contribution in [0.4, 0.5) is 14.6 Å². The van der Waals surface area contributed by atoms with Gasteiger partial charge in [0.15, 0.2) is 0 Å². The summed E-state index contributed by atoms with van der Waals surface area (Å²) in [6.45, 7) is 2.66. The number of nitrogens with one attached hydrogen (secondary N) is 1. The number of hydrogen-bond donors (Lipinski definition) is 1. The molecule has 0 saturated heterocycles. The molecule has 2 aromatic rings. The number of hydrogen-bond acceptors (Lipinski definition) is 2. The summed E-state index contributed by atoms with van der Waals surface area (Å²) >= 11 is 12.0. The fourth-order valence-corrected chi connectivity index (χ4v) is 2.23. The number of rotatable bonds is 4. The van der Waals surface area contributed by atoms with Gasteiger partial charge < -0.3 is 5.32 Å². The number of benzene rings is 1. The van der Waals surface area contributed by atoms with E-state index in [1.807, 2.05) is 6.92 Å². The molecule has 0 aliphatic carbocycles. The largest absolute Gasteiger partial charge is 0.369 e.